The van der Waals surface area contributed by atoms with Crippen LogP contribution in [-0.4, -0.2) is 25.0 Å². The number of hydrogen-bond acceptors (Lipinski definition) is 3. The second kappa shape index (κ2) is 6.29. The average Bonchev–Trinajstić information content (AvgIpc) is 3.01. The molecule has 0 amide bonds. The Morgan fingerprint density at radius 1 is 1.05 bits per heavy atom. The standard InChI is InChI=1S/C17H16ClNO2/c18-14-5-1-12(2-6-14)17(20)13-3-7-15(8-4-13)21-16-9-10-19-11-16/h1-8,16,19H,9-11H2/t16-/m0/s1. The first-order valence-electron chi connectivity index (χ1n) is 7.00. The molecule has 1 heterocycles. The fraction of sp³-hybridized carbons (Fsp3) is 0.235. The molecule has 21 heavy (non-hydrogen) atoms. The number of rotatable bonds is 4. The molecule has 1 N–H and O–H groups in total. The summed E-state index contributed by atoms with van der Waals surface area (Å²) in [6.45, 7) is 1.88. The number of ketones is 1. The van der Waals surface area contributed by atoms with Gasteiger partial charge < -0.3 is 10.1 Å². The minimum Gasteiger partial charge on any atom is -0.489 e. The smallest absolute Gasteiger partial charge is 0.193 e. The number of benzene rings is 2. The van der Waals surface area contributed by atoms with E-state index in [4.69, 9.17) is 16.3 Å². The largest absolute Gasteiger partial charge is 0.489 e. The SMILES string of the molecule is O=C(c1ccc(Cl)cc1)c1ccc(O[C@H]2CCNC2)cc1. The van der Waals surface area contributed by atoms with Gasteiger partial charge in [0, 0.05) is 22.7 Å². The lowest BCUT2D eigenvalue weighted by molar-refractivity contribution is 0.103. The van der Waals surface area contributed by atoms with Crippen molar-refractivity contribution in [3.8, 4) is 5.75 Å². The van der Waals surface area contributed by atoms with Crippen LogP contribution in [0.1, 0.15) is 22.3 Å². The summed E-state index contributed by atoms with van der Waals surface area (Å²) in [7, 11) is 0. The maximum absolute atomic E-state index is 12.3. The molecule has 3 rings (SSSR count). The number of carbonyl (C=O) groups excluding carboxylic acids is 1. The Morgan fingerprint density at radius 3 is 2.24 bits per heavy atom. The van der Waals surface area contributed by atoms with E-state index in [0.717, 1.165) is 25.3 Å². The first kappa shape index (κ1) is 14.1. The van der Waals surface area contributed by atoms with E-state index in [1.54, 1.807) is 36.4 Å². The molecule has 1 saturated heterocycles. The van der Waals surface area contributed by atoms with Crippen molar-refractivity contribution in [3.05, 3.63) is 64.7 Å². The highest BCUT2D eigenvalue weighted by Gasteiger charge is 2.16. The molecule has 0 unspecified atom stereocenters. The van der Waals surface area contributed by atoms with Gasteiger partial charge in [-0.1, -0.05) is 11.6 Å². The Labute approximate surface area is 128 Å². The predicted molar refractivity (Wildman–Crippen MR) is 83.2 cm³/mol. The summed E-state index contributed by atoms with van der Waals surface area (Å²) in [5, 5.41) is 3.88. The fourth-order valence-electron chi connectivity index (χ4n) is 2.37. The molecule has 3 nitrogen and oxygen atoms in total. The van der Waals surface area contributed by atoms with Gasteiger partial charge in [-0.15, -0.1) is 0 Å². The Hall–Kier alpha value is -1.84. The van der Waals surface area contributed by atoms with Gasteiger partial charge in [-0.3, -0.25) is 4.79 Å². The molecule has 1 fully saturated rings. The van der Waals surface area contributed by atoms with Crippen molar-refractivity contribution in [1.29, 1.82) is 0 Å². The summed E-state index contributed by atoms with van der Waals surface area (Å²) in [4.78, 5) is 12.3. The Bertz CT molecular complexity index is 616. The zero-order chi connectivity index (χ0) is 14.7. The summed E-state index contributed by atoms with van der Waals surface area (Å²) < 4.78 is 5.84. The van der Waals surface area contributed by atoms with Gasteiger partial charge in [-0.25, -0.2) is 0 Å². The molecule has 0 aliphatic carbocycles. The molecule has 1 aliphatic rings. The first-order chi connectivity index (χ1) is 10.2. The van der Waals surface area contributed by atoms with Gasteiger partial charge in [0.25, 0.3) is 0 Å². The molecular formula is C17H16ClNO2. The van der Waals surface area contributed by atoms with Gasteiger partial charge >= 0.3 is 0 Å². The topological polar surface area (TPSA) is 38.3 Å². The molecule has 0 radical (unpaired) electrons. The summed E-state index contributed by atoms with van der Waals surface area (Å²) in [6, 6.07) is 14.2. The second-order valence-corrected chi connectivity index (χ2v) is 5.53. The molecule has 4 heteroatoms. The normalized spacial score (nSPS) is 17.7. The maximum Gasteiger partial charge on any atom is 0.193 e. The van der Waals surface area contributed by atoms with Gasteiger partial charge in [-0.05, 0) is 61.5 Å². The van der Waals surface area contributed by atoms with Crippen LogP contribution in [0.15, 0.2) is 48.5 Å². The number of ether oxygens (including phenoxy) is 1. The molecule has 1 atom stereocenters. The van der Waals surface area contributed by atoms with E-state index in [1.807, 2.05) is 12.1 Å². The van der Waals surface area contributed by atoms with Gasteiger partial charge in [0.1, 0.15) is 11.9 Å². The highest BCUT2D eigenvalue weighted by Crippen LogP contribution is 2.19. The van der Waals surface area contributed by atoms with Crippen molar-refractivity contribution >= 4 is 17.4 Å². The molecule has 0 bridgehead atoms. The molecule has 108 valence electrons. The van der Waals surface area contributed by atoms with E-state index in [2.05, 4.69) is 5.32 Å². The van der Waals surface area contributed by atoms with Crippen molar-refractivity contribution in [1.82, 2.24) is 5.32 Å². The van der Waals surface area contributed by atoms with Gasteiger partial charge in [0.15, 0.2) is 5.78 Å². The molecular weight excluding hydrogens is 286 g/mol. The van der Waals surface area contributed by atoms with Crippen LogP contribution in [0.25, 0.3) is 0 Å². The van der Waals surface area contributed by atoms with Crippen LogP contribution in [-0.2, 0) is 0 Å². The Balaban J connectivity index is 1.71. The lowest BCUT2D eigenvalue weighted by atomic mass is 10.0. The molecule has 0 saturated carbocycles. The lowest BCUT2D eigenvalue weighted by Gasteiger charge is -2.12. The lowest BCUT2D eigenvalue weighted by Crippen LogP contribution is -2.19. The van der Waals surface area contributed by atoms with Crippen LogP contribution in [0.4, 0.5) is 0 Å². The van der Waals surface area contributed by atoms with Gasteiger partial charge in [0.05, 0.1) is 0 Å². The Kier molecular flexibility index (Phi) is 4.23. The van der Waals surface area contributed by atoms with E-state index in [1.165, 1.54) is 0 Å². The quantitative estimate of drug-likeness (QED) is 0.881. The van der Waals surface area contributed by atoms with Crippen molar-refractivity contribution in [2.75, 3.05) is 13.1 Å². The van der Waals surface area contributed by atoms with Crippen molar-refractivity contribution in [3.63, 3.8) is 0 Å². The summed E-state index contributed by atoms with van der Waals surface area (Å²) in [5.41, 5.74) is 1.28. The zero-order valence-electron chi connectivity index (χ0n) is 11.5. The summed E-state index contributed by atoms with van der Waals surface area (Å²) in [6.07, 6.45) is 1.24. The van der Waals surface area contributed by atoms with Gasteiger partial charge in [-0.2, -0.15) is 0 Å². The monoisotopic (exact) mass is 301 g/mol. The van der Waals surface area contributed by atoms with E-state index in [-0.39, 0.29) is 11.9 Å². The number of halogens is 1. The number of carbonyl (C=O) groups is 1. The van der Waals surface area contributed by atoms with Crippen LogP contribution in [0.3, 0.4) is 0 Å². The average molecular weight is 302 g/mol. The molecule has 0 spiro atoms. The van der Waals surface area contributed by atoms with E-state index >= 15 is 0 Å². The van der Waals surface area contributed by atoms with Crippen LogP contribution in [0.5, 0.6) is 5.75 Å². The van der Waals surface area contributed by atoms with Crippen LogP contribution in [0.2, 0.25) is 5.02 Å². The fourth-order valence-corrected chi connectivity index (χ4v) is 2.50. The minimum atomic E-state index is -0.0132. The van der Waals surface area contributed by atoms with Crippen LogP contribution in [0, 0.1) is 0 Å². The van der Waals surface area contributed by atoms with Gasteiger partial charge in [0.2, 0.25) is 0 Å². The van der Waals surface area contributed by atoms with Crippen LogP contribution >= 0.6 is 11.6 Å². The Morgan fingerprint density at radius 2 is 1.67 bits per heavy atom. The molecule has 2 aromatic carbocycles. The summed E-state index contributed by atoms with van der Waals surface area (Å²) in [5.74, 6) is 0.789. The molecule has 0 aromatic heterocycles. The molecule has 2 aromatic rings. The van der Waals surface area contributed by atoms with E-state index in [9.17, 15) is 4.79 Å². The third-order valence-corrected chi connectivity index (χ3v) is 3.79. The maximum atomic E-state index is 12.3. The number of nitrogens with one attached hydrogen (secondary N) is 1. The summed E-state index contributed by atoms with van der Waals surface area (Å²) >= 11 is 5.83. The third-order valence-electron chi connectivity index (χ3n) is 3.54. The minimum absolute atomic E-state index is 0.0132. The first-order valence-corrected chi connectivity index (χ1v) is 7.38. The van der Waals surface area contributed by atoms with Crippen LogP contribution < -0.4 is 10.1 Å². The van der Waals surface area contributed by atoms with E-state index < -0.39 is 0 Å². The zero-order valence-corrected chi connectivity index (χ0v) is 12.3. The van der Waals surface area contributed by atoms with E-state index in [0.29, 0.717) is 16.1 Å². The highest BCUT2D eigenvalue weighted by molar-refractivity contribution is 6.30. The predicted octanol–water partition coefficient (Wildman–Crippen LogP) is 3.31. The van der Waals surface area contributed by atoms with Crippen molar-refractivity contribution < 1.29 is 9.53 Å². The van der Waals surface area contributed by atoms with Crippen molar-refractivity contribution in [2.45, 2.75) is 12.5 Å². The second-order valence-electron chi connectivity index (χ2n) is 5.09. The molecule has 1 aliphatic heterocycles. The highest BCUT2D eigenvalue weighted by atomic mass is 35.5. The number of hydrogen-bond donors (Lipinski definition) is 1. The van der Waals surface area contributed by atoms with Crippen molar-refractivity contribution in [2.24, 2.45) is 0 Å². The third kappa shape index (κ3) is 3.43.